The standard InChI is InChI=1S/C19H23N5O4/c1-11-21-16(22-28-11)6-7-20-19(27)18-14-8-13(9-23(10-14)12(2)25)15-4-3-5-17(26)24(15)18/h3-5,13-14,18H,6-10H2,1-2H3,(H,20,27)/t13-,14+,18-/m1/s1. The predicted molar refractivity (Wildman–Crippen MR) is 98.6 cm³/mol. The molecular formula is C19H23N5O4. The number of pyridine rings is 1. The van der Waals surface area contributed by atoms with Crippen molar-refractivity contribution in [2.24, 2.45) is 5.92 Å². The summed E-state index contributed by atoms with van der Waals surface area (Å²) in [5, 5.41) is 6.72. The van der Waals surface area contributed by atoms with E-state index in [1.807, 2.05) is 6.07 Å². The molecule has 2 aromatic heterocycles. The summed E-state index contributed by atoms with van der Waals surface area (Å²) in [7, 11) is 0. The largest absolute Gasteiger partial charge is 0.354 e. The van der Waals surface area contributed by atoms with E-state index in [9.17, 15) is 14.4 Å². The highest BCUT2D eigenvalue weighted by Gasteiger charge is 2.44. The molecule has 3 atom stereocenters. The van der Waals surface area contributed by atoms with Gasteiger partial charge in [-0.2, -0.15) is 4.98 Å². The molecule has 2 aromatic rings. The van der Waals surface area contributed by atoms with Crippen molar-refractivity contribution in [1.82, 2.24) is 24.9 Å². The van der Waals surface area contributed by atoms with Crippen molar-refractivity contribution < 1.29 is 14.1 Å². The van der Waals surface area contributed by atoms with Crippen LogP contribution >= 0.6 is 0 Å². The van der Waals surface area contributed by atoms with Crippen LogP contribution in [-0.4, -0.2) is 51.1 Å². The smallest absolute Gasteiger partial charge is 0.251 e. The van der Waals surface area contributed by atoms with Crippen molar-refractivity contribution in [3.63, 3.8) is 0 Å². The number of carbonyl (C=O) groups is 2. The predicted octanol–water partition coefficient (Wildman–Crippen LogP) is 0.405. The number of hydrogen-bond donors (Lipinski definition) is 1. The molecule has 2 bridgehead atoms. The number of carbonyl (C=O) groups excluding carboxylic acids is 2. The van der Waals surface area contributed by atoms with Crippen LogP contribution in [0.1, 0.15) is 42.7 Å². The second kappa shape index (κ2) is 7.21. The fraction of sp³-hybridized carbons (Fsp3) is 0.526. The Morgan fingerprint density at radius 1 is 1.32 bits per heavy atom. The summed E-state index contributed by atoms with van der Waals surface area (Å²) < 4.78 is 6.55. The van der Waals surface area contributed by atoms with Crippen LogP contribution in [0.4, 0.5) is 0 Å². The Kier molecular flexibility index (Phi) is 4.74. The molecule has 9 heteroatoms. The molecule has 2 aliphatic heterocycles. The second-order valence-electron chi connectivity index (χ2n) is 7.49. The molecule has 0 radical (unpaired) electrons. The third kappa shape index (κ3) is 3.32. The van der Waals surface area contributed by atoms with Crippen LogP contribution in [0.15, 0.2) is 27.5 Å². The fourth-order valence-corrected chi connectivity index (χ4v) is 4.37. The molecule has 0 aromatic carbocycles. The molecule has 1 N–H and O–H groups in total. The van der Waals surface area contributed by atoms with Gasteiger partial charge in [-0.3, -0.25) is 19.0 Å². The van der Waals surface area contributed by atoms with E-state index in [1.54, 1.807) is 29.4 Å². The molecule has 0 aliphatic carbocycles. The number of fused-ring (bicyclic) bond motifs is 4. The highest BCUT2D eigenvalue weighted by atomic mass is 16.5. The zero-order chi connectivity index (χ0) is 19.8. The van der Waals surface area contributed by atoms with Gasteiger partial charge in [-0.1, -0.05) is 11.2 Å². The van der Waals surface area contributed by atoms with Crippen LogP contribution in [0, 0.1) is 12.8 Å². The van der Waals surface area contributed by atoms with E-state index < -0.39 is 6.04 Å². The third-order valence-corrected chi connectivity index (χ3v) is 5.58. The van der Waals surface area contributed by atoms with Crippen LogP contribution in [0.2, 0.25) is 0 Å². The first-order valence-electron chi connectivity index (χ1n) is 9.48. The van der Waals surface area contributed by atoms with Crippen molar-refractivity contribution in [3.8, 4) is 0 Å². The van der Waals surface area contributed by atoms with E-state index in [0.717, 1.165) is 12.1 Å². The van der Waals surface area contributed by atoms with Crippen molar-refractivity contribution in [3.05, 3.63) is 46.0 Å². The van der Waals surface area contributed by atoms with E-state index in [4.69, 9.17) is 4.52 Å². The molecule has 2 amide bonds. The van der Waals surface area contributed by atoms with Crippen molar-refractivity contribution in [1.29, 1.82) is 0 Å². The SMILES string of the molecule is CC(=O)N1C[C@H]2C[C@@H](C1)[C@H](C(=O)NCCc1noc(C)n1)n1c2cccc1=O. The highest BCUT2D eigenvalue weighted by Crippen LogP contribution is 2.41. The minimum atomic E-state index is -0.630. The number of aryl methyl sites for hydroxylation is 1. The van der Waals surface area contributed by atoms with E-state index in [-0.39, 0.29) is 29.2 Å². The van der Waals surface area contributed by atoms with Crippen molar-refractivity contribution >= 4 is 11.8 Å². The second-order valence-corrected chi connectivity index (χ2v) is 7.49. The molecule has 1 fully saturated rings. The normalized spacial score (nSPS) is 23.2. The van der Waals surface area contributed by atoms with Crippen LogP contribution in [0.3, 0.4) is 0 Å². The van der Waals surface area contributed by atoms with Gasteiger partial charge in [0.05, 0.1) is 0 Å². The van der Waals surface area contributed by atoms with Gasteiger partial charge in [0, 0.05) is 63.5 Å². The maximum atomic E-state index is 13.0. The van der Waals surface area contributed by atoms with Gasteiger partial charge < -0.3 is 14.7 Å². The lowest BCUT2D eigenvalue weighted by Gasteiger charge is -2.46. The van der Waals surface area contributed by atoms with Gasteiger partial charge >= 0.3 is 0 Å². The number of rotatable bonds is 4. The Morgan fingerprint density at radius 2 is 2.14 bits per heavy atom. The average Bonchev–Trinajstić information content (AvgIpc) is 3.07. The van der Waals surface area contributed by atoms with Gasteiger partial charge in [0.2, 0.25) is 17.7 Å². The molecule has 0 spiro atoms. The Balaban J connectivity index is 1.57. The first-order valence-corrected chi connectivity index (χ1v) is 9.48. The van der Waals surface area contributed by atoms with E-state index in [1.165, 1.54) is 6.07 Å². The molecule has 28 heavy (non-hydrogen) atoms. The summed E-state index contributed by atoms with van der Waals surface area (Å²) in [5.41, 5.74) is 0.640. The fourth-order valence-electron chi connectivity index (χ4n) is 4.37. The molecule has 4 heterocycles. The Hall–Kier alpha value is -2.97. The number of hydrogen-bond acceptors (Lipinski definition) is 6. The molecule has 0 saturated carbocycles. The number of piperidine rings is 1. The number of nitrogens with zero attached hydrogens (tertiary/aromatic N) is 4. The van der Waals surface area contributed by atoms with E-state index in [2.05, 4.69) is 15.5 Å². The summed E-state index contributed by atoms with van der Waals surface area (Å²) >= 11 is 0. The summed E-state index contributed by atoms with van der Waals surface area (Å²) in [5.74, 6) is 0.758. The molecule has 148 valence electrons. The Bertz CT molecular complexity index is 965. The number of nitrogens with one attached hydrogen (secondary N) is 1. The molecular weight excluding hydrogens is 362 g/mol. The lowest BCUT2D eigenvalue weighted by Crippen LogP contribution is -2.54. The van der Waals surface area contributed by atoms with Gasteiger partial charge in [-0.05, 0) is 12.5 Å². The van der Waals surface area contributed by atoms with Gasteiger partial charge in [0.25, 0.3) is 5.56 Å². The molecule has 2 aliphatic rings. The van der Waals surface area contributed by atoms with Crippen LogP contribution in [0.25, 0.3) is 0 Å². The minimum Gasteiger partial charge on any atom is -0.354 e. The first-order chi connectivity index (χ1) is 13.4. The Morgan fingerprint density at radius 3 is 2.86 bits per heavy atom. The van der Waals surface area contributed by atoms with Crippen molar-refractivity contribution in [2.45, 2.75) is 38.6 Å². The molecule has 0 unspecified atom stereocenters. The van der Waals surface area contributed by atoms with Crippen LogP contribution in [0.5, 0.6) is 0 Å². The highest BCUT2D eigenvalue weighted by molar-refractivity contribution is 5.81. The maximum Gasteiger partial charge on any atom is 0.251 e. The Labute approximate surface area is 161 Å². The van der Waals surface area contributed by atoms with E-state index in [0.29, 0.717) is 37.8 Å². The van der Waals surface area contributed by atoms with Crippen LogP contribution < -0.4 is 10.9 Å². The zero-order valence-corrected chi connectivity index (χ0v) is 15.9. The maximum absolute atomic E-state index is 13.0. The zero-order valence-electron chi connectivity index (χ0n) is 15.9. The molecule has 9 nitrogen and oxygen atoms in total. The minimum absolute atomic E-state index is 0.00642. The summed E-state index contributed by atoms with van der Waals surface area (Å²) in [4.78, 5) is 43.5. The van der Waals surface area contributed by atoms with E-state index >= 15 is 0 Å². The summed E-state index contributed by atoms with van der Waals surface area (Å²) in [6.07, 6.45) is 1.23. The topological polar surface area (TPSA) is 110 Å². The lowest BCUT2D eigenvalue weighted by molar-refractivity contribution is -0.135. The monoisotopic (exact) mass is 385 g/mol. The summed E-state index contributed by atoms with van der Waals surface area (Å²) in [6, 6.07) is 4.45. The van der Waals surface area contributed by atoms with Crippen molar-refractivity contribution in [2.75, 3.05) is 19.6 Å². The third-order valence-electron chi connectivity index (χ3n) is 5.58. The quantitative estimate of drug-likeness (QED) is 0.816. The summed E-state index contributed by atoms with van der Waals surface area (Å²) in [6.45, 7) is 4.66. The van der Waals surface area contributed by atoms with Gasteiger partial charge in [-0.15, -0.1) is 0 Å². The van der Waals surface area contributed by atoms with Gasteiger partial charge in [0.1, 0.15) is 6.04 Å². The number of aromatic nitrogens is 3. The lowest BCUT2D eigenvalue weighted by atomic mass is 9.78. The van der Waals surface area contributed by atoms with Crippen LogP contribution in [-0.2, 0) is 16.0 Å². The number of likely N-dealkylation sites (tertiary alicyclic amines) is 1. The first kappa shape index (κ1) is 18.4. The molecule has 4 rings (SSSR count). The number of amides is 2. The van der Waals surface area contributed by atoms with Gasteiger partial charge in [-0.25, -0.2) is 0 Å². The van der Waals surface area contributed by atoms with Gasteiger partial charge in [0.15, 0.2) is 5.82 Å². The average molecular weight is 385 g/mol. The molecule has 1 saturated heterocycles.